The van der Waals surface area contributed by atoms with Gasteiger partial charge in [-0.1, -0.05) is 23.2 Å². The summed E-state index contributed by atoms with van der Waals surface area (Å²) >= 11 is 12.6. The number of hydrogen-bond acceptors (Lipinski definition) is 7. The highest BCUT2D eigenvalue weighted by Gasteiger charge is 2.34. The van der Waals surface area contributed by atoms with Gasteiger partial charge in [0.1, 0.15) is 17.6 Å². The molecule has 0 amide bonds. The summed E-state index contributed by atoms with van der Waals surface area (Å²) in [5.41, 5.74) is -0.264. The molecule has 3 aromatic rings. The van der Waals surface area contributed by atoms with Crippen molar-refractivity contribution in [3.63, 3.8) is 0 Å². The molecule has 1 saturated carbocycles. The van der Waals surface area contributed by atoms with Crippen LogP contribution in [0.25, 0.3) is 11.0 Å². The van der Waals surface area contributed by atoms with E-state index in [4.69, 9.17) is 37.6 Å². The van der Waals surface area contributed by atoms with Crippen LogP contribution < -0.4 is 5.32 Å². The van der Waals surface area contributed by atoms with E-state index in [2.05, 4.69) is 10.2 Å². The van der Waals surface area contributed by atoms with E-state index in [9.17, 15) is 18.3 Å². The van der Waals surface area contributed by atoms with Gasteiger partial charge in [0.25, 0.3) is 0 Å². The zero-order chi connectivity index (χ0) is 29.1. The SMILES string of the molecule is N#Cc1ccc(N[C@H]2CC[C@H](OCC(O)N3CCN(Cc4oc5ccc(Cl)cc5c4Cl)CC3)CC2)cc1C(F)(F)F. The Hall–Kier alpha value is -2.52. The minimum Gasteiger partial charge on any atom is -0.458 e. The summed E-state index contributed by atoms with van der Waals surface area (Å²) in [5, 5.41) is 24.9. The molecule has 1 atom stereocenters. The number of nitrogens with one attached hydrogen (secondary N) is 1. The summed E-state index contributed by atoms with van der Waals surface area (Å²) in [7, 11) is 0. The molecule has 7 nitrogen and oxygen atoms in total. The predicted octanol–water partition coefficient (Wildman–Crippen LogP) is 6.51. The van der Waals surface area contributed by atoms with Crippen LogP contribution in [0, 0.1) is 11.3 Å². The smallest absolute Gasteiger partial charge is 0.417 e. The van der Waals surface area contributed by atoms with Crippen LogP contribution in [0.5, 0.6) is 0 Å². The minimum absolute atomic E-state index is 0.0131. The van der Waals surface area contributed by atoms with Crippen molar-refractivity contribution in [2.75, 3.05) is 38.1 Å². The van der Waals surface area contributed by atoms with Crippen LogP contribution in [0.2, 0.25) is 10.0 Å². The molecule has 5 rings (SSSR count). The largest absolute Gasteiger partial charge is 0.458 e. The van der Waals surface area contributed by atoms with Crippen molar-refractivity contribution in [2.45, 2.75) is 56.8 Å². The van der Waals surface area contributed by atoms with Gasteiger partial charge in [-0.05, 0) is 62.1 Å². The third-order valence-corrected chi connectivity index (χ3v) is 8.47. The average molecular weight is 611 g/mol. The minimum atomic E-state index is -4.58. The topological polar surface area (TPSA) is 84.9 Å². The number of ether oxygens (including phenoxy) is 1. The highest BCUT2D eigenvalue weighted by atomic mass is 35.5. The van der Waals surface area contributed by atoms with Crippen molar-refractivity contribution in [1.29, 1.82) is 5.26 Å². The number of aliphatic hydroxyl groups is 1. The van der Waals surface area contributed by atoms with Gasteiger partial charge in [0.05, 0.1) is 41.5 Å². The van der Waals surface area contributed by atoms with E-state index in [1.165, 1.54) is 12.1 Å². The van der Waals surface area contributed by atoms with Gasteiger partial charge in [-0.15, -0.1) is 0 Å². The zero-order valence-corrected chi connectivity index (χ0v) is 23.8. The molecule has 1 aliphatic carbocycles. The Morgan fingerprint density at radius 3 is 2.49 bits per heavy atom. The number of piperazine rings is 1. The summed E-state index contributed by atoms with van der Waals surface area (Å²) in [6.07, 6.45) is -2.37. The van der Waals surface area contributed by atoms with Crippen LogP contribution in [-0.2, 0) is 17.5 Å². The van der Waals surface area contributed by atoms with Crippen molar-refractivity contribution in [1.82, 2.24) is 9.80 Å². The lowest BCUT2D eigenvalue weighted by atomic mass is 9.92. The number of nitriles is 1. The second-order valence-electron chi connectivity index (χ2n) is 10.6. The highest BCUT2D eigenvalue weighted by molar-refractivity contribution is 6.37. The Bertz CT molecular complexity index is 1390. The van der Waals surface area contributed by atoms with E-state index in [0.717, 1.165) is 50.2 Å². The normalized spacial score (nSPS) is 21.6. The predicted molar refractivity (Wildman–Crippen MR) is 151 cm³/mol. The van der Waals surface area contributed by atoms with Crippen LogP contribution in [0.1, 0.15) is 42.6 Å². The molecule has 41 heavy (non-hydrogen) atoms. The molecule has 2 fully saturated rings. The number of hydrogen-bond donors (Lipinski definition) is 2. The number of aliphatic hydroxyl groups excluding tert-OH is 1. The molecule has 0 spiro atoms. The first-order valence-electron chi connectivity index (χ1n) is 13.6. The van der Waals surface area contributed by atoms with Gasteiger partial charge in [-0.3, -0.25) is 9.80 Å². The van der Waals surface area contributed by atoms with Crippen LogP contribution in [0.15, 0.2) is 40.8 Å². The molecular weight excluding hydrogens is 580 g/mol. The standard InChI is InChI=1S/C29H31Cl2F3N4O3/c30-19-2-8-25-23(13-19)28(31)26(41-25)16-37-9-11-38(12-10-37)27(39)17-40-22-6-4-20(5-7-22)36-21-3-1-18(15-35)24(14-21)29(32,33)34/h1-3,8,13-14,20,22,27,36,39H,4-7,9-12,16-17H2/t20-,22-,27?. The lowest BCUT2D eigenvalue weighted by Gasteiger charge is -2.37. The number of alkyl halides is 3. The fraction of sp³-hybridized carbons (Fsp3) is 0.483. The Morgan fingerprint density at radius 1 is 1.07 bits per heavy atom. The van der Waals surface area contributed by atoms with Crippen LogP contribution >= 0.6 is 23.2 Å². The first-order chi connectivity index (χ1) is 19.6. The Morgan fingerprint density at radius 2 is 1.80 bits per heavy atom. The van der Waals surface area contributed by atoms with E-state index in [-0.39, 0.29) is 24.3 Å². The van der Waals surface area contributed by atoms with Gasteiger partial charge in [-0.2, -0.15) is 18.4 Å². The Kier molecular flexibility index (Phi) is 9.33. The van der Waals surface area contributed by atoms with Gasteiger partial charge in [-0.25, -0.2) is 0 Å². The van der Waals surface area contributed by atoms with Gasteiger partial charge in [0.15, 0.2) is 0 Å². The molecule has 2 N–H and O–H groups in total. The second-order valence-corrected chi connectivity index (χ2v) is 11.4. The molecule has 2 aliphatic rings. The Balaban J connectivity index is 1.03. The van der Waals surface area contributed by atoms with E-state index in [0.29, 0.717) is 46.7 Å². The summed E-state index contributed by atoms with van der Waals surface area (Å²) in [4.78, 5) is 4.22. The molecule has 1 unspecified atom stereocenters. The highest BCUT2D eigenvalue weighted by Crippen LogP contribution is 2.35. The van der Waals surface area contributed by atoms with Crippen LogP contribution in [0.3, 0.4) is 0 Å². The molecule has 1 aliphatic heterocycles. The van der Waals surface area contributed by atoms with E-state index in [1.54, 1.807) is 18.2 Å². The molecule has 12 heteroatoms. The molecule has 0 radical (unpaired) electrons. The van der Waals surface area contributed by atoms with Gasteiger partial charge >= 0.3 is 6.18 Å². The van der Waals surface area contributed by atoms with Crippen molar-refractivity contribution in [3.8, 4) is 6.07 Å². The molecule has 2 aromatic carbocycles. The lowest BCUT2D eigenvalue weighted by Crippen LogP contribution is -2.51. The van der Waals surface area contributed by atoms with Gasteiger partial charge < -0.3 is 19.6 Å². The third kappa shape index (κ3) is 7.28. The maximum absolute atomic E-state index is 13.3. The zero-order valence-electron chi connectivity index (χ0n) is 22.3. The monoisotopic (exact) mass is 610 g/mol. The van der Waals surface area contributed by atoms with Gasteiger partial charge in [0.2, 0.25) is 0 Å². The fourth-order valence-electron chi connectivity index (χ4n) is 5.52. The molecule has 0 bridgehead atoms. The van der Waals surface area contributed by atoms with E-state index >= 15 is 0 Å². The molecule has 1 saturated heterocycles. The third-order valence-electron chi connectivity index (χ3n) is 7.82. The average Bonchev–Trinajstić information content (AvgIpc) is 3.26. The number of benzene rings is 2. The lowest BCUT2D eigenvalue weighted by molar-refractivity contribution is -0.137. The molecular formula is C29H31Cl2F3N4O3. The molecule has 2 heterocycles. The summed E-state index contributed by atoms with van der Waals surface area (Å²) < 4.78 is 51.7. The second kappa shape index (κ2) is 12.8. The quantitative estimate of drug-likeness (QED) is 0.301. The molecule has 1 aromatic heterocycles. The molecule has 220 valence electrons. The number of rotatable bonds is 8. The fourth-order valence-corrected chi connectivity index (χ4v) is 5.94. The van der Waals surface area contributed by atoms with E-state index < -0.39 is 18.0 Å². The summed E-state index contributed by atoms with van der Waals surface area (Å²) in [5.74, 6) is 0.700. The number of anilines is 1. The van der Waals surface area contributed by atoms with Gasteiger partial charge in [0, 0.05) is 48.3 Å². The van der Waals surface area contributed by atoms with Crippen LogP contribution in [-0.4, -0.2) is 66.1 Å². The van der Waals surface area contributed by atoms with Crippen LogP contribution in [0.4, 0.5) is 18.9 Å². The van der Waals surface area contributed by atoms with Crippen molar-refractivity contribution in [3.05, 3.63) is 63.3 Å². The maximum Gasteiger partial charge on any atom is 0.417 e. The summed E-state index contributed by atoms with van der Waals surface area (Å²) in [6, 6.07) is 10.7. The first-order valence-corrected chi connectivity index (χ1v) is 14.4. The van der Waals surface area contributed by atoms with Crippen molar-refractivity contribution in [2.24, 2.45) is 0 Å². The summed E-state index contributed by atoms with van der Waals surface area (Å²) in [6.45, 7) is 3.61. The number of nitrogens with zero attached hydrogens (tertiary/aromatic N) is 3. The first kappa shape index (κ1) is 30.0. The maximum atomic E-state index is 13.3. The number of furan rings is 1. The number of halogens is 5. The van der Waals surface area contributed by atoms with E-state index in [1.807, 2.05) is 11.0 Å². The Labute approximate surface area is 246 Å². The van der Waals surface area contributed by atoms with Crippen molar-refractivity contribution >= 4 is 39.9 Å². The number of fused-ring (bicyclic) bond motifs is 1. The van der Waals surface area contributed by atoms with Crippen molar-refractivity contribution < 1.29 is 27.4 Å².